The quantitative estimate of drug-likeness (QED) is 0.786. The van der Waals surface area contributed by atoms with Crippen LogP contribution in [0.25, 0.3) is 22.4 Å². The molecule has 1 N–H and O–H groups in total. The second kappa shape index (κ2) is 5.53. The first-order valence-corrected chi connectivity index (χ1v) is 8.48. The van der Waals surface area contributed by atoms with Gasteiger partial charge in [-0.3, -0.25) is 0 Å². The summed E-state index contributed by atoms with van der Waals surface area (Å²) in [6.45, 7) is 2.38. The zero-order valence-corrected chi connectivity index (χ0v) is 13.4. The lowest BCUT2D eigenvalue weighted by atomic mass is 10.1. The molecule has 2 aliphatic rings. The van der Waals surface area contributed by atoms with Crippen molar-refractivity contribution in [2.45, 2.75) is 18.9 Å². The number of ether oxygens (including phenoxy) is 2. The Morgan fingerprint density at radius 3 is 2.54 bits per heavy atom. The van der Waals surface area contributed by atoms with Gasteiger partial charge in [-0.05, 0) is 25.9 Å². The van der Waals surface area contributed by atoms with Crippen molar-refractivity contribution in [1.82, 2.24) is 14.9 Å². The maximum atomic E-state index is 5.59. The molecule has 24 heavy (non-hydrogen) atoms. The lowest BCUT2D eigenvalue weighted by Gasteiger charge is -2.26. The van der Waals surface area contributed by atoms with E-state index in [0.717, 1.165) is 59.9 Å². The van der Waals surface area contributed by atoms with E-state index in [1.54, 1.807) is 0 Å². The van der Waals surface area contributed by atoms with Gasteiger partial charge in [-0.15, -0.1) is 0 Å². The van der Waals surface area contributed by atoms with Crippen molar-refractivity contribution in [2.24, 2.45) is 0 Å². The summed E-state index contributed by atoms with van der Waals surface area (Å²) in [5.74, 6) is 2.63. The summed E-state index contributed by atoms with van der Waals surface area (Å²) >= 11 is 0. The summed E-state index contributed by atoms with van der Waals surface area (Å²) in [6, 6.07) is 14.9. The van der Waals surface area contributed by atoms with Crippen molar-refractivity contribution in [1.29, 1.82) is 0 Å². The van der Waals surface area contributed by atoms with Crippen molar-refractivity contribution in [3.05, 3.63) is 42.5 Å². The highest BCUT2D eigenvalue weighted by Crippen LogP contribution is 2.39. The maximum absolute atomic E-state index is 5.59. The Morgan fingerprint density at radius 1 is 1.00 bits per heavy atom. The van der Waals surface area contributed by atoms with Gasteiger partial charge in [-0.2, -0.15) is 0 Å². The van der Waals surface area contributed by atoms with E-state index in [4.69, 9.17) is 14.5 Å². The molecule has 122 valence electrons. The molecule has 3 heterocycles. The molecule has 0 bridgehead atoms. The topological polar surface area (TPSA) is 48.3 Å². The minimum Gasteiger partial charge on any atom is -0.454 e. The summed E-state index contributed by atoms with van der Waals surface area (Å²) in [4.78, 5) is 4.94. The number of piperidine rings is 1. The number of hydrogen-bond acceptors (Lipinski definition) is 4. The van der Waals surface area contributed by atoms with Crippen LogP contribution in [-0.2, 0) is 0 Å². The molecule has 1 saturated heterocycles. The fourth-order valence-corrected chi connectivity index (χ4v) is 3.71. The van der Waals surface area contributed by atoms with E-state index in [2.05, 4.69) is 40.2 Å². The monoisotopic (exact) mass is 321 g/mol. The van der Waals surface area contributed by atoms with E-state index in [-0.39, 0.29) is 0 Å². The van der Waals surface area contributed by atoms with Gasteiger partial charge in [-0.25, -0.2) is 4.98 Å². The predicted octanol–water partition coefficient (Wildman–Crippen LogP) is 3.36. The van der Waals surface area contributed by atoms with Gasteiger partial charge in [0.05, 0.1) is 11.0 Å². The molecule has 5 heteroatoms. The molecule has 5 nitrogen and oxygen atoms in total. The Hall–Kier alpha value is -2.53. The van der Waals surface area contributed by atoms with E-state index in [1.807, 2.05) is 12.1 Å². The minimum atomic E-state index is 0.292. The second-order valence-electron chi connectivity index (χ2n) is 6.35. The number of hydrogen-bond donors (Lipinski definition) is 1. The molecular formula is C19H19N3O2. The SMILES string of the molecule is c1ccc(-c2nc3cc4c(cc3n2C2CCNCC2)OCO4)cc1. The first kappa shape index (κ1) is 13.9. The van der Waals surface area contributed by atoms with Gasteiger partial charge in [0, 0.05) is 23.7 Å². The average Bonchev–Trinajstić information content (AvgIpc) is 3.24. The molecular weight excluding hydrogens is 302 g/mol. The van der Waals surface area contributed by atoms with Crippen LogP contribution in [0.1, 0.15) is 18.9 Å². The predicted molar refractivity (Wildman–Crippen MR) is 92.4 cm³/mol. The van der Waals surface area contributed by atoms with Crippen LogP contribution in [-0.4, -0.2) is 29.4 Å². The summed E-state index contributed by atoms with van der Waals surface area (Å²) in [5, 5.41) is 3.45. The molecule has 3 aromatic rings. The van der Waals surface area contributed by atoms with E-state index in [9.17, 15) is 0 Å². The fourth-order valence-electron chi connectivity index (χ4n) is 3.71. The zero-order chi connectivity index (χ0) is 15.9. The van der Waals surface area contributed by atoms with Crippen molar-refractivity contribution in [3.63, 3.8) is 0 Å². The van der Waals surface area contributed by atoms with Crippen LogP contribution in [0.2, 0.25) is 0 Å². The van der Waals surface area contributed by atoms with Crippen molar-refractivity contribution in [2.75, 3.05) is 19.9 Å². The number of benzene rings is 2. The summed E-state index contributed by atoms with van der Waals surface area (Å²) in [6.07, 6.45) is 2.22. The molecule has 5 rings (SSSR count). The van der Waals surface area contributed by atoms with E-state index in [0.29, 0.717) is 12.8 Å². The second-order valence-corrected chi connectivity index (χ2v) is 6.35. The van der Waals surface area contributed by atoms with E-state index < -0.39 is 0 Å². The Balaban J connectivity index is 1.74. The molecule has 1 aromatic heterocycles. The molecule has 0 unspecified atom stereocenters. The standard InChI is InChI=1S/C19H19N3O2/c1-2-4-13(5-3-1)19-21-15-10-17-18(24-12-23-17)11-16(15)22(19)14-6-8-20-9-7-14/h1-5,10-11,14,20H,6-9,12H2. The largest absolute Gasteiger partial charge is 0.454 e. The van der Waals surface area contributed by atoms with Crippen LogP contribution >= 0.6 is 0 Å². The van der Waals surface area contributed by atoms with Gasteiger partial charge in [0.15, 0.2) is 11.5 Å². The smallest absolute Gasteiger partial charge is 0.231 e. The van der Waals surface area contributed by atoms with Crippen LogP contribution in [0, 0.1) is 0 Å². The van der Waals surface area contributed by atoms with Gasteiger partial charge in [0.25, 0.3) is 0 Å². The van der Waals surface area contributed by atoms with E-state index >= 15 is 0 Å². The normalized spacial score (nSPS) is 17.5. The van der Waals surface area contributed by atoms with Crippen molar-refractivity contribution in [3.8, 4) is 22.9 Å². The Kier molecular flexibility index (Phi) is 3.19. The minimum absolute atomic E-state index is 0.292. The third-order valence-electron chi connectivity index (χ3n) is 4.89. The lowest BCUT2D eigenvalue weighted by molar-refractivity contribution is 0.174. The lowest BCUT2D eigenvalue weighted by Crippen LogP contribution is -2.29. The van der Waals surface area contributed by atoms with Crippen LogP contribution in [0.4, 0.5) is 0 Å². The summed E-state index contributed by atoms with van der Waals surface area (Å²) in [7, 11) is 0. The van der Waals surface area contributed by atoms with Gasteiger partial charge in [0.1, 0.15) is 5.82 Å². The number of aromatic nitrogens is 2. The van der Waals surface area contributed by atoms with Crippen LogP contribution in [0.5, 0.6) is 11.5 Å². The highest BCUT2D eigenvalue weighted by atomic mass is 16.7. The number of rotatable bonds is 2. The van der Waals surface area contributed by atoms with Crippen LogP contribution in [0.3, 0.4) is 0 Å². The highest BCUT2D eigenvalue weighted by Gasteiger charge is 2.24. The zero-order valence-electron chi connectivity index (χ0n) is 13.4. The van der Waals surface area contributed by atoms with Crippen LogP contribution in [0.15, 0.2) is 42.5 Å². The Morgan fingerprint density at radius 2 is 1.75 bits per heavy atom. The number of nitrogens with zero attached hydrogens (tertiary/aromatic N) is 2. The maximum Gasteiger partial charge on any atom is 0.231 e. The van der Waals surface area contributed by atoms with E-state index in [1.165, 1.54) is 0 Å². The number of imidazole rings is 1. The number of fused-ring (bicyclic) bond motifs is 2. The summed E-state index contributed by atoms with van der Waals surface area (Å²) < 4.78 is 13.5. The number of nitrogens with one attached hydrogen (secondary N) is 1. The molecule has 0 spiro atoms. The van der Waals surface area contributed by atoms with Gasteiger partial charge >= 0.3 is 0 Å². The van der Waals surface area contributed by atoms with Gasteiger partial charge < -0.3 is 19.4 Å². The third kappa shape index (κ3) is 2.16. The molecule has 2 aliphatic heterocycles. The highest BCUT2D eigenvalue weighted by molar-refractivity contribution is 5.84. The van der Waals surface area contributed by atoms with Crippen LogP contribution < -0.4 is 14.8 Å². The average molecular weight is 321 g/mol. The third-order valence-corrected chi connectivity index (χ3v) is 4.89. The van der Waals surface area contributed by atoms with Gasteiger partial charge in [-0.1, -0.05) is 30.3 Å². The summed E-state index contributed by atoms with van der Waals surface area (Å²) in [5.41, 5.74) is 3.25. The Labute approximate surface area is 140 Å². The molecule has 0 atom stereocenters. The molecule has 2 aromatic carbocycles. The van der Waals surface area contributed by atoms with Gasteiger partial charge in [0.2, 0.25) is 6.79 Å². The fraction of sp³-hybridized carbons (Fsp3) is 0.316. The Bertz CT molecular complexity index is 883. The molecule has 1 fully saturated rings. The molecule has 0 saturated carbocycles. The van der Waals surface area contributed by atoms with Crippen molar-refractivity contribution < 1.29 is 9.47 Å². The van der Waals surface area contributed by atoms with Crippen molar-refractivity contribution >= 4 is 11.0 Å². The molecule has 0 radical (unpaired) electrons. The molecule has 0 aliphatic carbocycles. The first-order chi connectivity index (χ1) is 11.9. The first-order valence-electron chi connectivity index (χ1n) is 8.48. The molecule has 0 amide bonds.